The highest BCUT2D eigenvalue weighted by Crippen LogP contribution is 2.15. The maximum Gasteiger partial charge on any atom is 0.116 e. The average molecular weight is 183 g/mol. The van der Waals surface area contributed by atoms with Crippen LogP contribution in [0.25, 0.3) is 0 Å². The summed E-state index contributed by atoms with van der Waals surface area (Å²) < 4.78 is 0. The number of rotatable bonds is 4. The summed E-state index contributed by atoms with van der Waals surface area (Å²) in [6.07, 6.45) is 4.91. The lowest BCUT2D eigenvalue weighted by Gasteiger charge is -2.29. The molecule has 0 bridgehead atoms. The SMILES string of the molecule is CCCCN1C=NN(C(C)C)C1C. The first kappa shape index (κ1) is 10.4. The summed E-state index contributed by atoms with van der Waals surface area (Å²) in [6.45, 7) is 9.92. The molecule has 0 fully saturated rings. The van der Waals surface area contributed by atoms with Gasteiger partial charge in [0, 0.05) is 12.6 Å². The molecule has 13 heavy (non-hydrogen) atoms. The molecule has 0 radical (unpaired) electrons. The van der Waals surface area contributed by atoms with Crippen molar-refractivity contribution in [2.75, 3.05) is 6.54 Å². The van der Waals surface area contributed by atoms with E-state index >= 15 is 0 Å². The predicted molar refractivity (Wildman–Crippen MR) is 56.5 cm³/mol. The van der Waals surface area contributed by atoms with Crippen LogP contribution in [-0.4, -0.2) is 35.0 Å². The summed E-state index contributed by atoms with van der Waals surface area (Å²) in [5.41, 5.74) is 0. The minimum Gasteiger partial charge on any atom is -0.340 e. The predicted octanol–water partition coefficient (Wildman–Crippen LogP) is 2.10. The largest absolute Gasteiger partial charge is 0.340 e. The highest BCUT2D eigenvalue weighted by molar-refractivity contribution is 5.56. The van der Waals surface area contributed by atoms with Crippen molar-refractivity contribution in [3.8, 4) is 0 Å². The van der Waals surface area contributed by atoms with Crippen LogP contribution in [0.15, 0.2) is 5.10 Å². The fraction of sp³-hybridized carbons (Fsp3) is 0.900. The average Bonchev–Trinajstić information content (AvgIpc) is 2.43. The zero-order valence-corrected chi connectivity index (χ0v) is 9.20. The molecule has 0 aliphatic carbocycles. The summed E-state index contributed by atoms with van der Waals surface area (Å²) in [5, 5.41) is 6.53. The van der Waals surface area contributed by atoms with E-state index in [4.69, 9.17) is 0 Å². The number of nitrogens with zero attached hydrogens (tertiary/aromatic N) is 3. The quantitative estimate of drug-likeness (QED) is 0.664. The molecule has 3 nitrogen and oxygen atoms in total. The third-order valence-electron chi connectivity index (χ3n) is 2.50. The monoisotopic (exact) mass is 183 g/mol. The second kappa shape index (κ2) is 4.49. The van der Waals surface area contributed by atoms with Crippen LogP contribution >= 0.6 is 0 Å². The first-order chi connectivity index (χ1) is 6.16. The molecule has 1 aliphatic rings. The van der Waals surface area contributed by atoms with Gasteiger partial charge in [0.05, 0.1) is 0 Å². The molecule has 0 spiro atoms. The maximum atomic E-state index is 4.38. The van der Waals surface area contributed by atoms with Crippen LogP contribution in [-0.2, 0) is 0 Å². The van der Waals surface area contributed by atoms with Crippen molar-refractivity contribution in [3.63, 3.8) is 0 Å². The number of hydrogen-bond donors (Lipinski definition) is 0. The van der Waals surface area contributed by atoms with Crippen LogP contribution in [0.2, 0.25) is 0 Å². The molecule has 0 amide bonds. The van der Waals surface area contributed by atoms with Gasteiger partial charge >= 0.3 is 0 Å². The molecule has 1 rings (SSSR count). The van der Waals surface area contributed by atoms with Gasteiger partial charge in [-0.15, -0.1) is 0 Å². The van der Waals surface area contributed by atoms with Gasteiger partial charge in [0.1, 0.15) is 12.5 Å². The Labute approximate surface area is 81.4 Å². The molecule has 1 atom stereocenters. The van der Waals surface area contributed by atoms with Gasteiger partial charge in [-0.25, -0.2) is 0 Å². The van der Waals surface area contributed by atoms with Crippen LogP contribution in [0.5, 0.6) is 0 Å². The fourth-order valence-corrected chi connectivity index (χ4v) is 1.62. The Kier molecular flexibility index (Phi) is 3.58. The van der Waals surface area contributed by atoms with E-state index in [0.29, 0.717) is 12.2 Å². The van der Waals surface area contributed by atoms with Crippen molar-refractivity contribution in [1.82, 2.24) is 9.91 Å². The molecule has 0 aromatic rings. The smallest absolute Gasteiger partial charge is 0.116 e. The highest BCUT2D eigenvalue weighted by Gasteiger charge is 2.24. The van der Waals surface area contributed by atoms with E-state index in [1.165, 1.54) is 12.8 Å². The molecule has 0 saturated heterocycles. The lowest BCUT2D eigenvalue weighted by atomic mass is 10.3. The number of hydrogen-bond acceptors (Lipinski definition) is 3. The van der Waals surface area contributed by atoms with Crippen LogP contribution in [0, 0.1) is 0 Å². The summed E-state index contributed by atoms with van der Waals surface area (Å²) in [7, 11) is 0. The molecule has 3 heteroatoms. The van der Waals surface area contributed by atoms with E-state index in [1.807, 2.05) is 6.34 Å². The van der Waals surface area contributed by atoms with Crippen LogP contribution < -0.4 is 0 Å². The van der Waals surface area contributed by atoms with Crippen LogP contribution in [0.1, 0.15) is 40.5 Å². The Bertz CT molecular complexity index is 177. The lowest BCUT2D eigenvalue weighted by Crippen LogP contribution is -2.40. The molecular weight excluding hydrogens is 162 g/mol. The van der Waals surface area contributed by atoms with Crippen molar-refractivity contribution in [3.05, 3.63) is 0 Å². The molecule has 1 heterocycles. The molecule has 76 valence electrons. The lowest BCUT2D eigenvalue weighted by molar-refractivity contribution is 0.114. The van der Waals surface area contributed by atoms with E-state index in [0.717, 1.165) is 6.54 Å². The van der Waals surface area contributed by atoms with E-state index in [9.17, 15) is 0 Å². The van der Waals surface area contributed by atoms with Gasteiger partial charge in [-0.3, -0.25) is 5.01 Å². The second-order valence-corrected chi connectivity index (χ2v) is 3.93. The fourth-order valence-electron chi connectivity index (χ4n) is 1.62. The molecule has 0 aromatic carbocycles. The Morgan fingerprint density at radius 3 is 2.62 bits per heavy atom. The van der Waals surface area contributed by atoms with E-state index in [-0.39, 0.29) is 0 Å². The summed E-state index contributed by atoms with van der Waals surface area (Å²) in [6, 6.07) is 0.498. The summed E-state index contributed by atoms with van der Waals surface area (Å²) >= 11 is 0. The topological polar surface area (TPSA) is 18.8 Å². The number of unbranched alkanes of at least 4 members (excludes halogenated alkanes) is 1. The standard InChI is InChI=1S/C10H21N3/c1-5-6-7-12-8-11-13(9(2)3)10(12)4/h8-10H,5-7H2,1-4H3. The Morgan fingerprint density at radius 2 is 2.15 bits per heavy atom. The Morgan fingerprint density at radius 1 is 1.46 bits per heavy atom. The Balaban J connectivity index is 2.41. The second-order valence-electron chi connectivity index (χ2n) is 3.93. The summed E-state index contributed by atoms with van der Waals surface area (Å²) in [5.74, 6) is 0. The first-order valence-corrected chi connectivity index (χ1v) is 5.25. The molecular formula is C10H21N3. The minimum absolute atomic E-state index is 0.437. The molecule has 1 aliphatic heterocycles. The highest BCUT2D eigenvalue weighted by atomic mass is 15.6. The summed E-state index contributed by atoms with van der Waals surface area (Å²) in [4.78, 5) is 2.31. The van der Waals surface area contributed by atoms with Crippen molar-refractivity contribution in [2.24, 2.45) is 5.10 Å². The van der Waals surface area contributed by atoms with Crippen LogP contribution in [0.3, 0.4) is 0 Å². The first-order valence-electron chi connectivity index (χ1n) is 5.25. The van der Waals surface area contributed by atoms with E-state index < -0.39 is 0 Å². The zero-order valence-electron chi connectivity index (χ0n) is 9.20. The van der Waals surface area contributed by atoms with Crippen molar-refractivity contribution >= 4 is 6.34 Å². The van der Waals surface area contributed by atoms with Crippen molar-refractivity contribution in [1.29, 1.82) is 0 Å². The normalized spacial score (nSPS) is 22.1. The van der Waals surface area contributed by atoms with E-state index in [2.05, 4.69) is 42.7 Å². The Hall–Kier alpha value is -0.730. The third-order valence-corrected chi connectivity index (χ3v) is 2.50. The van der Waals surface area contributed by atoms with Crippen molar-refractivity contribution < 1.29 is 0 Å². The molecule has 0 aromatic heterocycles. The van der Waals surface area contributed by atoms with Gasteiger partial charge in [-0.1, -0.05) is 13.3 Å². The van der Waals surface area contributed by atoms with E-state index in [1.54, 1.807) is 0 Å². The van der Waals surface area contributed by atoms with Gasteiger partial charge in [-0.05, 0) is 27.2 Å². The molecule has 1 unspecified atom stereocenters. The zero-order chi connectivity index (χ0) is 9.84. The third kappa shape index (κ3) is 2.36. The van der Waals surface area contributed by atoms with Crippen LogP contribution in [0.4, 0.5) is 0 Å². The molecule has 0 saturated carbocycles. The maximum absolute atomic E-state index is 4.38. The van der Waals surface area contributed by atoms with Gasteiger partial charge in [0.2, 0.25) is 0 Å². The molecule has 0 N–H and O–H groups in total. The van der Waals surface area contributed by atoms with Crippen molar-refractivity contribution in [2.45, 2.75) is 52.7 Å². The number of hydrazone groups is 1. The van der Waals surface area contributed by atoms with Gasteiger partial charge < -0.3 is 4.90 Å². The minimum atomic E-state index is 0.437. The van der Waals surface area contributed by atoms with Gasteiger partial charge in [0.15, 0.2) is 0 Å². The van der Waals surface area contributed by atoms with Gasteiger partial charge in [0.25, 0.3) is 0 Å². The van der Waals surface area contributed by atoms with Gasteiger partial charge in [-0.2, -0.15) is 5.10 Å².